The Labute approximate surface area is 140 Å². The number of urea groups is 1. The van der Waals surface area contributed by atoms with E-state index in [1.165, 1.54) is 14.2 Å². The van der Waals surface area contributed by atoms with Crippen LogP contribution in [0.2, 0.25) is 0 Å². The molecule has 8 heteroatoms. The van der Waals surface area contributed by atoms with Crippen LogP contribution < -0.4 is 20.1 Å². The van der Waals surface area contributed by atoms with Crippen molar-refractivity contribution in [3.8, 4) is 11.5 Å². The summed E-state index contributed by atoms with van der Waals surface area (Å²) >= 11 is 0. The second-order valence-electron chi connectivity index (χ2n) is 5.88. The molecule has 1 heterocycles. The van der Waals surface area contributed by atoms with Crippen LogP contribution in [0, 0.1) is 0 Å². The van der Waals surface area contributed by atoms with Gasteiger partial charge in [0.05, 0.1) is 19.9 Å². The Kier molecular flexibility index (Phi) is 4.96. The molecule has 0 saturated carbocycles. The Bertz CT molecular complexity index is 672. The van der Waals surface area contributed by atoms with E-state index < -0.39 is 11.6 Å². The minimum absolute atomic E-state index is 0.00950. The average Bonchev–Trinajstić information content (AvgIpc) is 2.73. The number of nitrogens with zero attached hydrogens (tertiary/aromatic N) is 1. The number of methoxy groups -OCH3 is 2. The Morgan fingerprint density at radius 3 is 2.50 bits per heavy atom. The molecule has 0 atom stereocenters. The van der Waals surface area contributed by atoms with Crippen molar-refractivity contribution in [2.45, 2.75) is 25.8 Å². The summed E-state index contributed by atoms with van der Waals surface area (Å²) in [7, 11) is 3.02. The van der Waals surface area contributed by atoms with Crippen molar-refractivity contribution in [1.82, 2.24) is 10.2 Å². The van der Waals surface area contributed by atoms with Crippen LogP contribution in [0.4, 0.5) is 10.5 Å². The maximum atomic E-state index is 12.1. The van der Waals surface area contributed by atoms with Crippen LogP contribution in [0.5, 0.6) is 11.5 Å². The standard InChI is InChI=1S/C16H21N3O5/c1-16(2)14(21)19(15(22)18-16)8-7-13(20)17-11-6-5-10(23-3)9-12(11)24-4/h5-6,9H,7-8H2,1-4H3,(H,17,20)(H,18,22). The lowest BCUT2D eigenvalue weighted by Crippen LogP contribution is -2.40. The zero-order chi connectivity index (χ0) is 17.9. The number of imide groups is 1. The van der Waals surface area contributed by atoms with Gasteiger partial charge < -0.3 is 20.1 Å². The number of ether oxygens (including phenoxy) is 2. The molecule has 0 aliphatic carbocycles. The van der Waals surface area contributed by atoms with Gasteiger partial charge in [-0.05, 0) is 26.0 Å². The molecule has 1 fully saturated rings. The summed E-state index contributed by atoms with van der Waals surface area (Å²) in [6, 6.07) is 4.51. The normalized spacial score (nSPS) is 15.9. The van der Waals surface area contributed by atoms with Crippen molar-refractivity contribution in [1.29, 1.82) is 0 Å². The molecule has 1 aromatic carbocycles. The zero-order valence-electron chi connectivity index (χ0n) is 14.1. The second kappa shape index (κ2) is 6.77. The second-order valence-corrected chi connectivity index (χ2v) is 5.88. The molecule has 2 rings (SSSR count). The van der Waals surface area contributed by atoms with Gasteiger partial charge in [-0.1, -0.05) is 0 Å². The summed E-state index contributed by atoms with van der Waals surface area (Å²) < 4.78 is 10.3. The number of nitrogens with one attached hydrogen (secondary N) is 2. The number of rotatable bonds is 6. The largest absolute Gasteiger partial charge is 0.497 e. The first-order valence-electron chi connectivity index (χ1n) is 7.44. The lowest BCUT2D eigenvalue weighted by Gasteiger charge is -2.16. The van der Waals surface area contributed by atoms with Crippen molar-refractivity contribution in [2.75, 3.05) is 26.1 Å². The maximum absolute atomic E-state index is 12.1. The van der Waals surface area contributed by atoms with Gasteiger partial charge >= 0.3 is 6.03 Å². The number of carbonyl (C=O) groups is 3. The van der Waals surface area contributed by atoms with Crippen LogP contribution in [0.3, 0.4) is 0 Å². The van der Waals surface area contributed by atoms with E-state index in [9.17, 15) is 14.4 Å². The molecule has 8 nitrogen and oxygen atoms in total. The van der Waals surface area contributed by atoms with Crippen LogP contribution in [-0.4, -0.2) is 49.0 Å². The van der Waals surface area contributed by atoms with Gasteiger partial charge in [-0.3, -0.25) is 14.5 Å². The minimum Gasteiger partial charge on any atom is -0.497 e. The van der Waals surface area contributed by atoms with Crippen molar-refractivity contribution in [3.05, 3.63) is 18.2 Å². The molecule has 0 spiro atoms. The number of amides is 4. The first-order chi connectivity index (χ1) is 11.3. The van der Waals surface area contributed by atoms with Crippen LogP contribution in [0.25, 0.3) is 0 Å². The predicted molar refractivity (Wildman–Crippen MR) is 87.1 cm³/mol. The first kappa shape index (κ1) is 17.6. The van der Waals surface area contributed by atoms with E-state index in [1.807, 2.05) is 0 Å². The van der Waals surface area contributed by atoms with Crippen LogP contribution >= 0.6 is 0 Å². The number of hydrogen-bond acceptors (Lipinski definition) is 5. The SMILES string of the molecule is COc1ccc(NC(=O)CCN2C(=O)NC(C)(C)C2=O)c(OC)c1. The van der Waals surface area contributed by atoms with Crippen molar-refractivity contribution < 1.29 is 23.9 Å². The molecular weight excluding hydrogens is 314 g/mol. The highest BCUT2D eigenvalue weighted by Crippen LogP contribution is 2.29. The fourth-order valence-electron chi connectivity index (χ4n) is 2.35. The molecule has 0 aromatic heterocycles. The maximum Gasteiger partial charge on any atom is 0.325 e. The zero-order valence-corrected chi connectivity index (χ0v) is 14.1. The highest BCUT2D eigenvalue weighted by Gasteiger charge is 2.43. The average molecular weight is 335 g/mol. The van der Waals surface area contributed by atoms with Gasteiger partial charge in [0.1, 0.15) is 17.0 Å². The summed E-state index contributed by atoms with van der Waals surface area (Å²) in [5, 5.41) is 5.27. The molecule has 0 radical (unpaired) electrons. The number of hydrogen-bond donors (Lipinski definition) is 2. The van der Waals surface area contributed by atoms with Gasteiger partial charge in [-0.15, -0.1) is 0 Å². The topological polar surface area (TPSA) is 97.0 Å². The van der Waals surface area contributed by atoms with Crippen molar-refractivity contribution in [3.63, 3.8) is 0 Å². The van der Waals surface area contributed by atoms with Crippen LogP contribution in [0.15, 0.2) is 18.2 Å². The third kappa shape index (κ3) is 3.58. The van der Waals surface area contributed by atoms with E-state index in [0.29, 0.717) is 17.2 Å². The van der Waals surface area contributed by atoms with E-state index in [-0.39, 0.29) is 24.8 Å². The minimum atomic E-state index is -0.938. The van der Waals surface area contributed by atoms with Crippen LogP contribution in [-0.2, 0) is 9.59 Å². The molecule has 0 bridgehead atoms. The summed E-state index contributed by atoms with van der Waals surface area (Å²) in [4.78, 5) is 37.0. The van der Waals surface area contributed by atoms with Gasteiger partial charge in [-0.25, -0.2) is 4.79 Å². The molecule has 1 aliphatic rings. The highest BCUT2D eigenvalue weighted by molar-refractivity contribution is 6.06. The molecule has 2 N–H and O–H groups in total. The molecule has 130 valence electrons. The first-order valence-corrected chi connectivity index (χ1v) is 7.44. The van der Waals surface area contributed by atoms with Gasteiger partial charge in [0.25, 0.3) is 5.91 Å². The Morgan fingerprint density at radius 2 is 1.96 bits per heavy atom. The van der Waals surface area contributed by atoms with E-state index >= 15 is 0 Å². The fraction of sp³-hybridized carbons (Fsp3) is 0.438. The van der Waals surface area contributed by atoms with Gasteiger partial charge in [0.2, 0.25) is 5.91 Å². The molecule has 1 aliphatic heterocycles. The van der Waals surface area contributed by atoms with Gasteiger partial charge in [-0.2, -0.15) is 0 Å². The quantitative estimate of drug-likeness (QED) is 0.765. The van der Waals surface area contributed by atoms with E-state index in [2.05, 4.69) is 10.6 Å². The number of anilines is 1. The summed E-state index contributed by atoms with van der Waals surface area (Å²) in [6.07, 6.45) is -0.00950. The third-order valence-electron chi connectivity index (χ3n) is 3.69. The molecular formula is C16H21N3O5. The monoisotopic (exact) mass is 335 g/mol. The van der Waals surface area contributed by atoms with Gasteiger partial charge in [0.15, 0.2) is 0 Å². The van der Waals surface area contributed by atoms with Crippen molar-refractivity contribution in [2.24, 2.45) is 0 Å². The van der Waals surface area contributed by atoms with Crippen LogP contribution in [0.1, 0.15) is 20.3 Å². The molecule has 24 heavy (non-hydrogen) atoms. The van der Waals surface area contributed by atoms with E-state index in [4.69, 9.17) is 9.47 Å². The number of benzene rings is 1. The summed E-state index contributed by atoms with van der Waals surface area (Å²) in [6.45, 7) is 3.25. The summed E-state index contributed by atoms with van der Waals surface area (Å²) in [5.74, 6) is 0.386. The Morgan fingerprint density at radius 1 is 1.25 bits per heavy atom. The Hall–Kier alpha value is -2.77. The third-order valence-corrected chi connectivity index (χ3v) is 3.69. The lowest BCUT2D eigenvalue weighted by molar-refractivity contribution is -0.130. The molecule has 1 aromatic rings. The lowest BCUT2D eigenvalue weighted by atomic mass is 10.1. The predicted octanol–water partition coefficient (Wildman–Crippen LogP) is 1.36. The number of carbonyl (C=O) groups excluding carboxylic acids is 3. The molecule has 4 amide bonds. The Balaban J connectivity index is 1.97. The molecule has 1 saturated heterocycles. The summed E-state index contributed by atoms with van der Waals surface area (Å²) in [5.41, 5.74) is -0.451. The smallest absolute Gasteiger partial charge is 0.325 e. The van der Waals surface area contributed by atoms with E-state index in [1.54, 1.807) is 32.0 Å². The van der Waals surface area contributed by atoms with Crippen molar-refractivity contribution >= 4 is 23.5 Å². The van der Waals surface area contributed by atoms with E-state index in [0.717, 1.165) is 4.90 Å². The van der Waals surface area contributed by atoms with Gasteiger partial charge in [0, 0.05) is 19.0 Å². The highest BCUT2D eigenvalue weighted by atomic mass is 16.5. The molecule has 0 unspecified atom stereocenters. The fourth-order valence-corrected chi connectivity index (χ4v) is 2.35.